The smallest absolute Gasteiger partial charge is 0.360 e. The van der Waals surface area contributed by atoms with E-state index in [-0.39, 0.29) is 5.69 Å². The van der Waals surface area contributed by atoms with Gasteiger partial charge < -0.3 is 9.84 Å². The molecule has 0 aromatic carbocycles. The first-order valence-corrected chi connectivity index (χ1v) is 4.05. The maximum atomic E-state index is 10.6. The van der Waals surface area contributed by atoms with Gasteiger partial charge >= 0.3 is 5.97 Å². The third-order valence-corrected chi connectivity index (χ3v) is 1.46. The first kappa shape index (κ1) is 9.57. The van der Waals surface area contributed by atoms with Gasteiger partial charge in [-0.25, -0.2) is 4.79 Å². The van der Waals surface area contributed by atoms with Gasteiger partial charge in [-0.1, -0.05) is 6.92 Å². The quantitative estimate of drug-likeness (QED) is 0.755. The highest BCUT2D eigenvalue weighted by atomic mass is 16.5. The predicted molar refractivity (Wildman–Crippen MR) is 46.0 cm³/mol. The molecule has 5 heteroatoms. The van der Waals surface area contributed by atoms with Gasteiger partial charge in [0.05, 0.1) is 12.8 Å². The fourth-order valence-electron chi connectivity index (χ4n) is 0.933. The highest BCUT2D eigenvalue weighted by Crippen LogP contribution is 2.15. The van der Waals surface area contributed by atoms with E-state index in [2.05, 4.69) is 5.10 Å². The van der Waals surface area contributed by atoms with Crippen LogP contribution >= 0.6 is 0 Å². The number of aromatic carboxylic acids is 1. The van der Waals surface area contributed by atoms with Crippen LogP contribution in [-0.2, 0) is 7.05 Å². The fraction of sp³-hybridized carbons (Fsp3) is 0.500. The summed E-state index contributed by atoms with van der Waals surface area (Å²) < 4.78 is 6.63. The van der Waals surface area contributed by atoms with E-state index < -0.39 is 5.97 Å². The molecular weight excluding hydrogens is 172 g/mol. The van der Waals surface area contributed by atoms with Crippen molar-refractivity contribution in [3.8, 4) is 5.75 Å². The van der Waals surface area contributed by atoms with Gasteiger partial charge in [-0.05, 0) is 6.42 Å². The summed E-state index contributed by atoms with van der Waals surface area (Å²) >= 11 is 0. The maximum absolute atomic E-state index is 10.6. The highest BCUT2D eigenvalue weighted by Gasteiger charge is 2.15. The number of carboxylic acid groups (broad SMARTS) is 1. The number of ether oxygens (including phenoxy) is 1. The van der Waals surface area contributed by atoms with Crippen LogP contribution in [0.5, 0.6) is 5.75 Å². The minimum atomic E-state index is -1.06. The molecule has 5 nitrogen and oxygen atoms in total. The fourth-order valence-corrected chi connectivity index (χ4v) is 0.933. The molecule has 0 bridgehead atoms. The molecule has 13 heavy (non-hydrogen) atoms. The van der Waals surface area contributed by atoms with Crippen LogP contribution in [0.2, 0.25) is 0 Å². The van der Waals surface area contributed by atoms with Gasteiger partial charge in [0.1, 0.15) is 0 Å². The van der Waals surface area contributed by atoms with E-state index in [4.69, 9.17) is 9.84 Å². The van der Waals surface area contributed by atoms with Crippen molar-refractivity contribution in [1.29, 1.82) is 0 Å². The average molecular weight is 184 g/mol. The van der Waals surface area contributed by atoms with Crippen LogP contribution in [0, 0.1) is 0 Å². The van der Waals surface area contributed by atoms with Crippen LogP contribution < -0.4 is 4.74 Å². The van der Waals surface area contributed by atoms with Crippen LogP contribution in [-0.4, -0.2) is 27.5 Å². The lowest BCUT2D eigenvalue weighted by molar-refractivity contribution is 0.0685. The molecule has 1 rings (SSSR count). The third-order valence-electron chi connectivity index (χ3n) is 1.46. The summed E-state index contributed by atoms with van der Waals surface area (Å²) in [6.45, 7) is 2.46. The number of carboxylic acids is 1. The predicted octanol–water partition coefficient (Wildman–Crippen LogP) is 0.907. The largest absolute Gasteiger partial charge is 0.489 e. The Morgan fingerprint density at radius 2 is 2.46 bits per heavy atom. The second kappa shape index (κ2) is 3.93. The lowest BCUT2D eigenvalue weighted by atomic mass is 10.4. The molecule has 0 atom stereocenters. The molecule has 1 aromatic rings. The molecule has 1 heterocycles. The topological polar surface area (TPSA) is 64.4 Å². The first-order valence-electron chi connectivity index (χ1n) is 4.05. The van der Waals surface area contributed by atoms with E-state index >= 15 is 0 Å². The maximum Gasteiger partial charge on any atom is 0.360 e. The zero-order valence-electron chi connectivity index (χ0n) is 7.65. The number of nitrogens with zero attached hydrogens (tertiary/aromatic N) is 2. The van der Waals surface area contributed by atoms with Crippen LogP contribution in [0.1, 0.15) is 23.8 Å². The lowest BCUT2D eigenvalue weighted by Gasteiger charge is -2.00. The second-order valence-corrected chi connectivity index (χ2v) is 2.67. The molecule has 0 aliphatic heterocycles. The van der Waals surface area contributed by atoms with E-state index in [9.17, 15) is 4.79 Å². The second-order valence-electron chi connectivity index (χ2n) is 2.67. The lowest BCUT2D eigenvalue weighted by Crippen LogP contribution is -2.03. The van der Waals surface area contributed by atoms with Crippen LogP contribution in [0.15, 0.2) is 6.20 Å². The van der Waals surface area contributed by atoms with E-state index in [0.29, 0.717) is 12.4 Å². The Morgan fingerprint density at radius 1 is 1.77 bits per heavy atom. The summed E-state index contributed by atoms with van der Waals surface area (Å²) in [7, 11) is 1.66. The number of aryl methyl sites for hydroxylation is 1. The van der Waals surface area contributed by atoms with Crippen molar-refractivity contribution in [2.75, 3.05) is 6.61 Å². The van der Waals surface area contributed by atoms with Gasteiger partial charge in [0, 0.05) is 7.05 Å². The van der Waals surface area contributed by atoms with Gasteiger partial charge in [-0.2, -0.15) is 5.10 Å². The summed E-state index contributed by atoms with van der Waals surface area (Å²) in [5.41, 5.74) is -0.0315. The van der Waals surface area contributed by atoms with E-state index in [1.807, 2.05) is 6.92 Å². The summed E-state index contributed by atoms with van der Waals surface area (Å²) in [6, 6.07) is 0. The Labute approximate surface area is 75.9 Å². The Kier molecular flexibility index (Phi) is 2.89. The monoisotopic (exact) mass is 184 g/mol. The standard InChI is InChI=1S/C8H12N2O3/c1-3-4-13-6-5-10(2)9-7(6)8(11)12/h5H,3-4H2,1-2H3,(H,11,12). The molecular formula is C8H12N2O3. The Bertz CT molecular complexity index is 306. The van der Waals surface area contributed by atoms with E-state index in [1.54, 1.807) is 13.2 Å². The van der Waals surface area contributed by atoms with E-state index in [0.717, 1.165) is 6.42 Å². The summed E-state index contributed by atoms with van der Waals surface area (Å²) in [5, 5.41) is 12.5. The summed E-state index contributed by atoms with van der Waals surface area (Å²) in [4.78, 5) is 10.6. The molecule has 0 fully saturated rings. The normalized spacial score (nSPS) is 10.0. The average Bonchev–Trinajstić information content (AvgIpc) is 2.43. The number of hydrogen-bond donors (Lipinski definition) is 1. The van der Waals surface area contributed by atoms with Crippen molar-refractivity contribution in [3.63, 3.8) is 0 Å². The van der Waals surface area contributed by atoms with Crippen molar-refractivity contribution in [1.82, 2.24) is 9.78 Å². The molecule has 0 unspecified atom stereocenters. The molecule has 1 aromatic heterocycles. The van der Waals surface area contributed by atoms with Crippen molar-refractivity contribution in [2.24, 2.45) is 7.05 Å². The van der Waals surface area contributed by atoms with Crippen molar-refractivity contribution in [3.05, 3.63) is 11.9 Å². The molecule has 0 aliphatic rings. The molecule has 0 saturated carbocycles. The molecule has 0 radical (unpaired) electrons. The number of carbonyl (C=O) groups is 1. The Hall–Kier alpha value is -1.52. The van der Waals surface area contributed by atoms with Crippen LogP contribution in [0.25, 0.3) is 0 Å². The Morgan fingerprint density at radius 3 is 3.00 bits per heavy atom. The van der Waals surface area contributed by atoms with E-state index in [1.165, 1.54) is 4.68 Å². The molecule has 0 saturated heterocycles. The zero-order chi connectivity index (χ0) is 9.84. The van der Waals surface area contributed by atoms with Crippen molar-refractivity contribution in [2.45, 2.75) is 13.3 Å². The summed E-state index contributed by atoms with van der Waals surface area (Å²) in [5.74, 6) is -0.733. The van der Waals surface area contributed by atoms with Gasteiger partial charge in [0.15, 0.2) is 5.75 Å². The molecule has 0 spiro atoms. The van der Waals surface area contributed by atoms with Gasteiger partial charge in [-0.15, -0.1) is 0 Å². The minimum Gasteiger partial charge on any atom is -0.489 e. The Balaban J connectivity index is 2.84. The number of rotatable bonds is 4. The third kappa shape index (κ3) is 2.21. The van der Waals surface area contributed by atoms with Gasteiger partial charge in [0.25, 0.3) is 0 Å². The minimum absolute atomic E-state index is 0.0315. The molecule has 0 amide bonds. The van der Waals surface area contributed by atoms with Crippen molar-refractivity contribution < 1.29 is 14.6 Å². The van der Waals surface area contributed by atoms with Gasteiger partial charge in [-0.3, -0.25) is 4.68 Å². The van der Waals surface area contributed by atoms with Crippen LogP contribution in [0.4, 0.5) is 0 Å². The van der Waals surface area contributed by atoms with Gasteiger partial charge in [0.2, 0.25) is 5.69 Å². The van der Waals surface area contributed by atoms with Crippen LogP contribution in [0.3, 0.4) is 0 Å². The number of aromatic nitrogens is 2. The molecule has 72 valence electrons. The summed E-state index contributed by atoms with van der Waals surface area (Å²) in [6.07, 6.45) is 2.40. The molecule has 1 N–H and O–H groups in total. The molecule has 0 aliphatic carbocycles. The van der Waals surface area contributed by atoms with Crippen molar-refractivity contribution >= 4 is 5.97 Å². The highest BCUT2D eigenvalue weighted by molar-refractivity contribution is 5.88. The zero-order valence-corrected chi connectivity index (χ0v) is 7.65. The SMILES string of the molecule is CCCOc1cn(C)nc1C(=O)O. The number of hydrogen-bond acceptors (Lipinski definition) is 3. The first-order chi connectivity index (χ1) is 6.15.